The quantitative estimate of drug-likeness (QED) is 0.109. The Kier molecular flexibility index (Phi) is 14.8. The Morgan fingerprint density at radius 3 is 1.48 bits per heavy atom. The van der Waals surface area contributed by atoms with Crippen LogP contribution in [-0.2, 0) is 14.5 Å². The first-order valence-electron chi connectivity index (χ1n) is 16.9. The van der Waals surface area contributed by atoms with Crippen molar-refractivity contribution in [2.24, 2.45) is 11.3 Å². The Balaban J connectivity index is 1.69. The maximum atomic E-state index is 13.8. The normalized spacial score (nSPS) is 16.1. The molecule has 0 saturated heterocycles. The third-order valence-electron chi connectivity index (χ3n) is 8.21. The van der Waals surface area contributed by atoms with Gasteiger partial charge in [0.15, 0.2) is 11.2 Å². The molecule has 11 nitrogen and oxygen atoms in total. The van der Waals surface area contributed by atoms with Crippen LogP contribution in [0.1, 0.15) is 92.1 Å². The van der Waals surface area contributed by atoms with Crippen LogP contribution in [-0.4, -0.2) is 70.0 Å². The van der Waals surface area contributed by atoms with E-state index >= 15 is 0 Å². The van der Waals surface area contributed by atoms with Gasteiger partial charge in [-0.2, -0.15) is 4.94 Å². The van der Waals surface area contributed by atoms with Gasteiger partial charge >= 0.3 is 0 Å². The van der Waals surface area contributed by atoms with Crippen molar-refractivity contribution in [2.75, 3.05) is 0 Å². The van der Waals surface area contributed by atoms with Crippen LogP contribution >= 0.6 is 0 Å². The molecule has 0 radical (unpaired) electrons. The van der Waals surface area contributed by atoms with Crippen molar-refractivity contribution >= 4 is 23.6 Å². The van der Waals surface area contributed by atoms with Crippen molar-refractivity contribution in [3.8, 4) is 35.5 Å². The van der Waals surface area contributed by atoms with Gasteiger partial charge in [0.2, 0.25) is 0 Å². The van der Waals surface area contributed by atoms with Gasteiger partial charge in [-0.05, 0) is 108 Å². The maximum Gasteiger partial charge on any atom is 0.271 e. The second kappa shape index (κ2) is 18.6. The van der Waals surface area contributed by atoms with E-state index in [9.17, 15) is 47.0 Å². The van der Waals surface area contributed by atoms with Crippen molar-refractivity contribution in [3.63, 3.8) is 0 Å². The monoisotopic (exact) mass is 754 g/mol. The van der Waals surface area contributed by atoms with Crippen LogP contribution in [0.5, 0.6) is 0 Å². The average molecular weight is 755 g/mol. The zero-order chi connectivity index (χ0) is 40.3. The van der Waals surface area contributed by atoms with Gasteiger partial charge in [-0.1, -0.05) is 36.5 Å². The van der Waals surface area contributed by atoms with Crippen LogP contribution in [0.15, 0.2) is 48.5 Å². The highest BCUT2D eigenvalue weighted by molar-refractivity contribution is 5.99. The van der Waals surface area contributed by atoms with E-state index in [4.69, 9.17) is 0 Å². The molecule has 1 fully saturated rings. The highest BCUT2D eigenvalue weighted by Gasteiger charge is 2.48. The van der Waals surface area contributed by atoms with Gasteiger partial charge in [-0.3, -0.25) is 19.2 Å². The van der Waals surface area contributed by atoms with E-state index in [-0.39, 0.29) is 22.5 Å². The molecule has 6 N–H and O–H groups in total. The fourth-order valence-electron chi connectivity index (χ4n) is 4.87. The summed E-state index contributed by atoms with van der Waals surface area (Å²) in [5, 5.41) is 24.9. The zero-order valence-electron chi connectivity index (χ0n) is 30.3. The van der Waals surface area contributed by atoms with Gasteiger partial charge in [-0.15, -0.1) is 0 Å². The summed E-state index contributed by atoms with van der Waals surface area (Å²) < 4.78 is 55.3. The van der Waals surface area contributed by atoms with Gasteiger partial charge in [0, 0.05) is 33.6 Å². The van der Waals surface area contributed by atoms with E-state index in [1.807, 2.05) is 31.4 Å². The smallest absolute Gasteiger partial charge is 0.271 e. The molecule has 0 aromatic heterocycles. The number of hydrogen-bond donors (Lipinski definition) is 6. The molecule has 2 aromatic rings. The van der Waals surface area contributed by atoms with Crippen LogP contribution in [0, 0.1) is 46.9 Å². The summed E-state index contributed by atoms with van der Waals surface area (Å²) in [7, 11) is 0. The number of benzene rings is 2. The van der Waals surface area contributed by atoms with Gasteiger partial charge in [0.05, 0.1) is 0 Å². The molecule has 288 valence electrons. The molecule has 0 unspecified atom stereocenters. The lowest BCUT2D eigenvalue weighted by Gasteiger charge is -2.32. The highest BCUT2D eigenvalue weighted by Crippen LogP contribution is 2.24. The standard InChI is InChI=1S/C39H42F4N4O7/c1-37(2,3)23-9-8-12-25-15-19-27(20-16-25)31(48)44-29(38(4,52)35(40)41)33(50)46-54-47-34(51)30(39(5,53)36(42)43)45-32(49)28-21-17-26(18-22-28)14-13-24-10-6-7-11-24/h15-22,24,29-30,35-36,52-53H,6-7,10-11H2,1-5H3,(H,44,48)(H,45,49)(H,46,50)(H,47,51)/t29-,30-,38+,39+/m1/s1. The Labute approximate surface area is 310 Å². The molecule has 15 heteroatoms. The molecular weight excluding hydrogens is 712 g/mol. The first-order valence-corrected chi connectivity index (χ1v) is 16.9. The molecule has 0 spiro atoms. The van der Waals surface area contributed by atoms with Crippen LogP contribution in [0.2, 0.25) is 0 Å². The fraction of sp³-hybridized carbons (Fsp3) is 0.436. The number of aliphatic hydroxyl groups is 2. The van der Waals surface area contributed by atoms with Gasteiger partial charge < -0.3 is 20.8 Å². The summed E-state index contributed by atoms with van der Waals surface area (Å²) in [6, 6.07) is 6.37. The lowest BCUT2D eigenvalue weighted by Crippen LogP contribution is -2.64. The van der Waals surface area contributed by atoms with Gasteiger partial charge in [0.1, 0.15) is 12.1 Å². The number of halogens is 4. The highest BCUT2D eigenvalue weighted by atomic mass is 19.3. The van der Waals surface area contributed by atoms with E-state index in [0.29, 0.717) is 25.0 Å². The molecule has 54 heavy (non-hydrogen) atoms. The second-order valence-electron chi connectivity index (χ2n) is 14.1. The summed E-state index contributed by atoms with van der Waals surface area (Å²) in [6.07, 6.45) is -2.96. The molecule has 3 rings (SSSR count). The molecule has 2 aromatic carbocycles. The molecule has 1 saturated carbocycles. The van der Waals surface area contributed by atoms with E-state index in [1.165, 1.54) is 59.5 Å². The van der Waals surface area contributed by atoms with Crippen LogP contribution in [0.25, 0.3) is 0 Å². The molecular formula is C39H42F4N4O7. The predicted octanol–water partition coefficient (Wildman–Crippen LogP) is 3.64. The number of hydrogen-bond acceptors (Lipinski definition) is 7. The number of amides is 4. The predicted molar refractivity (Wildman–Crippen MR) is 189 cm³/mol. The third-order valence-corrected chi connectivity index (χ3v) is 8.21. The van der Waals surface area contributed by atoms with Crippen molar-refractivity contribution in [2.45, 2.75) is 96.4 Å². The third kappa shape index (κ3) is 12.3. The molecule has 1 aliphatic rings. The summed E-state index contributed by atoms with van der Waals surface area (Å²) >= 11 is 0. The minimum Gasteiger partial charge on any atom is -0.381 e. The minimum absolute atomic E-state index is 0.0701. The fourth-order valence-corrected chi connectivity index (χ4v) is 4.87. The molecule has 1 aliphatic carbocycles. The van der Waals surface area contributed by atoms with Crippen LogP contribution in [0.4, 0.5) is 17.6 Å². The van der Waals surface area contributed by atoms with Gasteiger partial charge in [-0.25, -0.2) is 28.5 Å². The van der Waals surface area contributed by atoms with Crippen molar-refractivity contribution in [1.82, 2.24) is 21.6 Å². The average Bonchev–Trinajstić information content (AvgIpc) is 3.64. The van der Waals surface area contributed by atoms with Crippen LogP contribution in [0.3, 0.4) is 0 Å². The number of carbonyl (C=O) groups is 4. The Morgan fingerprint density at radius 2 is 1.09 bits per heavy atom. The molecule has 0 bridgehead atoms. The van der Waals surface area contributed by atoms with E-state index in [1.54, 1.807) is 0 Å². The topological polar surface area (TPSA) is 166 Å². The van der Waals surface area contributed by atoms with Crippen molar-refractivity contribution in [1.29, 1.82) is 0 Å². The Morgan fingerprint density at radius 1 is 0.685 bits per heavy atom. The van der Waals surface area contributed by atoms with E-state index in [2.05, 4.69) is 40.5 Å². The number of carbonyl (C=O) groups excluding carboxylic acids is 4. The minimum atomic E-state index is -3.59. The van der Waals surface area contributed by atoms with E-state index in [0.717, 1.165) is 25.7 Å². The molecule has 4 atom stereocenters. The Bertz CT molecular complexity index is 1850. The summed E-state index contributed by atoms with van der Waals surface area (Å²) in [5.74, 6) is 12.2. The maximum absolute atomic E-state index is 13.8. The summed E-state index contributed by atoms with van der Waals surface area (Å²) in [4.78, 5) is 56.3. The number of rotatable bonds is 12. The molecule has 0 aliphatic heterocycles. The molecule has 0 heterocycles. The second-order valence-corrected chi connectivity index (χ2v) is 14.1. The van der Waals surface area contributed by atoms with Crippen LogP contribution < -0.4 is 21.6 Å². The number of hydroxylamine groups is 2. The molecule has 4 amide bonds. The Hall–Kier alpha value is -5.40. The summed E-state index contributed by atoms with van der Waals surface area (Å²) in [6.45, 7) is 6.84. The largest absolute Gasteiger partial charge is 0.381 e. The SMILES string of the molecule is CC(C)(C)C#CC#Cc1ccc(C(=O)N[C@H](C(=O)NONC(=O)[C@@H](NC(=O)c2ccc(C#CC3CCCC3)cc2)[C@](C)(O)C(F)F)[C@](C)(O)C(F)F)cc1. The summed E-state index contributed by atoms with van der Waals surface area (Å²) in [5.41, 5.74) is -2.69. The van der Waals surface area contributed by atoms with Crippen molar-refractivity contribution < 1.29 is 51.9 Å². The first kappa shape index (κ1) is 43.0. The first-order chi connectivity index (χ1) is 25.2. The van der Waals surface area contributed by atoms with Crippen molar-refractivity contribution in [3.05, 3.63) is 70.8 Å². The van der Waals surface area contributed by atoms with Gasteiger partial charge in [0.25, 0.3) is 36.5 Å². The van der Waals surface area contributed by atoms with E-state index < -0.39 is 59.8 Å². The lowest BCUT2D eigenvalue weighted by atomic mass is 9.95. The number of alkyl halides is 4. The zero-order valence-corrected chi connectivity index (χ0v) is 30.3. The lowest BCUT2D eigenvalue weighted by molar-refractivity contribution is -0.169. The number of nitrogens with one attached hydrogen (secondary N) is 4.